The smallest absolute Gasteiger partial charge is 0.258 e. The molecule has 0 radical (unpaired) electrons. The first-order valence-corrected chi connectivity index (χ1v) is 5.87. The van der Waals surface area contributed by atoms with E-state index in [1.807, 2.05) is 0 Å². The number of sulfonamides is 1. The molecule has 0 bridgehead atoms. The maximum atomic E-state index is 13.5. The molecule has 0 atom stereocenters. The molecule has 1 heterocycles. The number of nitrogens with two attached hydrogens (primary N) is 1. The summed E-state index contributed by atoms with van der Waals surface area (Å²) in [5.74, 6) is -1.14. The average molecular weight is 232 g/mol. The predicted molar refractivity (Wildman–Crippen MR) is 49.2 cm³/mol. The molecule has 0 aliphatic heterocycles. The van der Waals surface area contributed by atoms with E-state index < -0.39 is 20.9 Å². The van der Waals surface area contributed by atoms with Crippen LogP contribution >= 0.6 is 0 Å². The van der Waals surface area contributed by atoms with Crippen LogP contribution in [0.2, 0.25) is 0 Å². The molecule has 1 aromatic rings. The zero-order valence-corrected chi connectivity index (χ0v) is 8.50. The molecular weight excluding hydrogens is 223 g/mol. The first kappa shape index (κ1) is 10.3. The fourth-order valence-corrected chi connectivity index (χ4v) is 1.62. The van der Waals surface area contributed by atoms with Gasteiger partial charge >= 0.3 is 0 Å². The SMILES string of the molecule is NS(=O)(=O)c1nccc(OC2CC2)c1F. The minimum atomic E-state index is -4.14. The highest BCUT2D eigenvalue weighted by molar-refractivity contribution is 7.89. The first-order chi connectivity index (χ1) is 6.98. The Labute approximate surface area is 86.1 Å². The van der Waals surface area contributed by atoms with Gasteiger partial charge in [-0.3, -0.25) is 0 Å². The number of primary sulfonamides is 1. The minimum absolute atomic E-state index is 0.0183. The van der Waals surface area contributed by atoms with Crippen LogP contribution in [0.5, 0.6) is 5.75 Å². The van der Waals surface area contributed by atoms with Crippen molar-refractivity contribution in [2.24, 2.45) is 5.14 Å². The number of aromatic nitrogens is 1. The van der Waals surface area contributed by atoms with Crippen LogP contribution in [0.1, 0.15) is 12.8 Å². The van der Waals surface area contributed by atoms with Crippen molar-refractivity contribution >= 4 is 10.0 Å². The Balaban J connectivity index is 2.40. The van der Waals surface area contributed by atoms with Crippen molar-refractivity contribution in [2.45, 2.75) is 24.0 Å². The van der Waals surface area contributed by atoms with Gasteiger partial charge in [0.1, 0.15) is 0 Å². The lowest BCUT2D eigenvalue weighted by Crippen LogP contribution is -2.16. The van der Waals surface area contributed by atoms with Crippen LogP contribution in [0.15, 0.2) is 17.3 Å². The van der Waals surface area contributed by atoms with Crippen molar-refractivity contribution in [2.75, 3.05) is 0 Å². The molecule has 0 saturated heterocycles. The Bertz CT molecular complexity index is 485. The van der Waals surface area contributed by atoms with Gasteiger partial charge in [-0.1, -0.05) is 0 Å². The molecule has 7 heteroatoms. The Morgan fingerprint density at radius 2 is 2.20 bits per heavy atom. The lowest BCUT2D eigenvalue weighted by molar-refractivity contribution is 0.283. The van der Waals surface area contributed by atoms with Gasteiger partial charge in [0.05, 0.1) is 6.10 Å². The zero-order chi connectivity index (χ0) is 11.1. The van der Waals surface area contributed by atoms with E-state index in [0.29, 0.717) is 0 Å². The lowest BCUT2D eigenvalue weighted by atomic mass is 10.4. The van der Waals surface area contributed by atoms with E-state index >= 15 is 0 Å². The minimum Gasteiger partial charge on any atom is -0.487 e. The summed E-state index contributed by atoms with van der Waals surface area (Å²) in [7, 11) is -4.14. The Morgan fingerprint density at radius 1 is 1.53 bits per heavy atom. The summed E-state index contributed by atoms with van der Waals surface area (Å²) in [6.45, 7) is 0. The average Bonchev–Trinajstić information content (AvgIpc) is 2.90. The zero-order valence-electron chi connectivity index (χ0n) is 7.68. The Hall–Kier alpha value is -1.21. The van der Waals surface area contributed by atoms with Gasteiger partial charge in [0, 0.05) is 12.3 Å². The van der Waals surface area contributed by atoms with Crippen LogP contribution in [-0.4, -0.2) is 19.5 Å². The van der Waals surface area contributed by atoms with Crippen LogP contribution in [0, 0.1) is 5.82 Å². The molecule has 1 saturated carbocycles. The summed E-state index contributed by atoms with van der Waals surface area (Å²) in [4.78, 5) is 3.37. The third-order valence-electron chi connectivity index (χ3n) is 1.91. The van der Waals surface area contributed by atoms with Crippen molar-refractivity contribution in [1.29, 1.82) is 0 Å². The van der Waals surface area contributed by atoms with Crippen LogP contribution in [0.3, 0.4) is 0 Å². The maximum Gasteiger partial charge on any atom is 0.258 e. The maximum absolute atomic E-state index is 13.5. The molecule has 1 fully saturated rings. The molecule has 5 nitrogen and oxygen atoms in total. The second-order valence-corrected chi connectivity index (χ2v) is 4.77. The van der Waals surface area contributed by atoms with E-state index in [-0.39, 0.29) is 11.9 Å². The van der Waals surface area contributed by atoms with E-state index in [1.54, 1.807) is 0 Å². The molecule has 0 spiro atoms. The largest absolute Gasteiger partial charge is 0.487 e. The van der Waals surface area contributed by atoms with Gasteiger partial charge in [0.15, 0.2) is 5.75 Å². The molecule has 0 aromatic carbocycles. The second kappa shape index (κ2) is 3.42. The molecule has 1 aromatic heterocycles. The van der Waals surface area contributed by atoms with E-state index in [9.17, 15) is 12.8 Å². The number of hydrogen-bond acceptors (Lipinski definition) is 4. The number of halogens is 1. The van der Waals surface area contributed by atoms with Gasteiger partial charge in [-0.2, -0.15) is 4.39 Å². The summed E-state index contributed by atoms with van der Waals surface area (Å²) in [6.07, 6.45) is 2.84. The topological polar surface area (TPSA) is 82.3 Å². The highest BCUT2D eigenvalue weighted by Crippen LogP contribution is 2.29. The van der Waals surface area contributed by atoms with Crippen molar-refractivity contribution in [3.05, 3.63) is 18.1 Å². The molecule has 15 heavy (non-hydrogen) atoms. The van der Waals surface area contributed by atoms with E-state index in [1.165, 1.54) is 6.07 Å². The van der Waals surface area contributed by atoms with Gasteiger partial charge in [-0.05, 0) is 12.8 Å². The first-order valence-electron chi connectivity index (χ1n) is 4.32. The standard InChI is InChI=1S/C8H9FN2O3S/c9-7-6(14-5-1-2-5)3-4-11-8(7)15(10,12)13/h3-5H,1-2H2,(H2,10,12,13). The molecule has 2 N–H and O–H groups in total. The summed E-state index contributed by atoms with van der Waals surface area (Å²) in [5, 5.41) is 4.01. The number of pyridine rings is 1. The molecule has 0 amide bonds. The van der Waals surface area contributed by atoms with Crippen LogP contribution in [-0.2, 0) is 10.0 Å². The van der Waals surface area contributed by atoms with Gasteiger partial charge in [0.2, 0.25) is 10.8 Å². The van der Waals surface area contributed by atoms with E-state index in [4.69, 9.17) is 9.88 Å². The number of hydrogen-bond donors (Lipinski definition) is 1. The van der Waals surface area contributed by atoms with Gasteiger partial charge in [0.25, 0.3) is 10.0 Å². The lowest BCUT2D eigenvalue weighted by Gasteiger charge is -2.06. The number of rotatable bonds is 3. The molecular formula is C8H9FN2O3S. The van der Waals surface area contributed by atoms with Crippen molar-refractivity contribution in [3.63, 3.8) is 0 Å². The summed E-state index contributed by atoms with van der Waals surface area (Å²) in [6, 6.07) is 1.28. The van der Waals surface area contributed by atoms with Crippen LogP contribution < -0.4 is 9.88 Å². The van der Waals surface area contributed by atoms with Gasteiger partial charge < -0.3 is 4.74 Å². The normalized spacial score (nSPS) is 16.4. The Kier molecular flexibility index (Phi) is 2.35. The highest BCUT2D eigenvalue weighted by atomic mass is 32.2. The molecule has 1 aliphatic carbocycles. The quantitative estimate of drug-likeness (QED) is 0.818. The summed E-state index contributed by atoms with van der Waals surface area (Å²) >= 11 is 0. The summed E-state index contributed by atoms with van der Waals surface area (Å²) in [5.41, 5.74) is 0. The van der Waals surface area contributed by atoms with E-state index in [2.05, 4.69) is 4.98 Å². The third-order valence-corrected chi connectivity index (χ3v) is 2.73. The Morgan fingerprint density at radius 3 is 2.73 bits per heavy atom. The fourth-order valence-electron chi connectivity index (χ4n) is 1.06. The third kappa shape index (κ3) is 2.24. The van der Waals surface area contributed by atoms with Crippen molar-refractivity contribution < 1.29 is 17.5 Å². The van der Waals surface area contributed by atoms with Gasteiger partial charge in [-0.25, -0.2) is 18.5 Å². The second-order valence-electron chi connectivity index (χ2n) is 3.29. The monoisotopic (exact) mass is 232 g/mol. The molecule has 1 aliphatic rings. The fraction of sp³-hybridized carbons (Fsp3) is 0.375. The van der Waals surface area contributed by atoms with Gasteiger partial charge in [-0.15, -0.1) is 0 Å². The highest BCUT2D eigenvalue weighted by Gasteiger charge is 2.27. The van der Waals surface area contributed by atoms with E-state index in [0.717, 1.165) is 19.0 Å². The van der Waals surface area contributed by atoms with Crippen LogP contribution in [0.4, 0.5) is 4.39 Å². The van der Waals surface area contributed by atoms with Crippen molar-refractivity contribution in [3.8, 4) is 5.75 Å². The molecule has 0 unspecified atom stereocenters. The summed E-state index contributed by atoms with van der Waals surface area (Å²) < 4.78 is 40.5. The van der Waals surface area contributed by atoms with Crippen LogP contribution in [0.25, 0.3) is 0 Å². The molecule has 82 valence electrons. The predicted octanol–water partition coefficient (Wildman–Crippen LogP) is 0.409. The van der Waals surface area contributed by atoms with Crippen molar-refractivity contribution in [1.82, 2.24) is 4.98 Å². The molecule has 2 rings (SSSR count). The number of nitrogens with zero attached hydrogens (tertiary/aromatic N) is 1. The number of ether oxygens (including phenoxy) is 1.